The largest absolute Gasteiger partial charge is 0.350 e. The first kappa shape index (κ1) is 21.2. The number of imide groups is 1. The van der Waals surface area contributed by atoms with Crippen LogP contribution in [-0.4, -0.2) is 11.8 Å². The molecule has 0 unspecified atom stereocenters. The number of carbonyl (C=O) groups excluding carboxylic acids is 2. The molecule has 0 saturated heterocycles. The second kappa shape index (κ2) is 8.22. The summed E-state index contributed by atoms with van der Waals surface area (Å²) in [6.07, 6.45) is 0. The highest BCUT2D eigenvalue weighted by atomic mass is 35.5. The van der Waals surface area contributed by atoms with Crippen molar-refractivity contribution in [3.63, 3.8) is 0 Å². The molecule has 4 nitrogen and oxygen atoms in total. The van der Waals surface area contributed by atoms with Gasteiger partial charge in [0.05, 0.1) is 11.3 Å². The van der Waals surface area contributed by atoms with E-state index in [4.69, 9.17) is 23.2 Å². The minimum atomic E-state index is -0.415. The predicted molar refractivity (Wildman–Crippen MR) is 127 cm³/mol. The lowest BCUT2D eigenvalue weighted by Crippen LogP contribution is -2.33. The number of amides is 2. The maximum absolute atomic E-state index is 13.5. The molecule has 0 atom stereocenters. The molecule has 0 bridgehead atoms. The summed E-state index contributed by atoms with van der Waals surface area (Å²) in [5, 5.41) is 4.33. The van der Waals surface area contributed by atoms with Crippen molar-refractivity contribution in [1.82, 2.24) is 0 Å². The van der Waals surface area contributed by atoms with E-state index in [1.165, 1.54) is 4.90 Å². The van der Waals surface area contributed by atoms with Crippen LogP contribution in [0.25, 0.3) is 5.57 Å². The molecule has 0 radical (unpaired) electrons. The molecular weight excluding hydrogens is 431 g/mol. The summed E-state index contributed by atoms with van der Waals surface area (Å²) in [5.41, 5.74) is 5.25. The van der Waals surface area contributed by atoms with Crippen molar-refractivity contribution in [2.45, 2.75) is 20.8 Å². The highest BCUT2D eigenvalue weighted by Crippen LogP contribution is 2.36. The smallest absolute Gasteiger partial charge is 0.282 e. The molecule has 3 aromatic rings. The maximum atomic E-state index is 13.5. The molecule has 1 aliphatic rings. The van der Waals surface area contributed by atoms with E-state index in [2.05, 4.69) is 5.32 Å². The second-order valence-corrected chi connectivity index (χ2v) is 8.38. The average Bonchev–Trinajstić information content (AvgIpc) is 2.96. The highest BCUT2D eigenvalue weighted by molar-refractivity contribution is 6.46. The van der Waals surface area contributed by atoms with E-state index in [-0.39, 0.29) is 5.70 Å². The van der Waals surface area contributed by atoms with Gasteiger partial charge in [-0.2, -0.15) is 0 Å². The topological polar surface area (TPSA) is 49.4 Å². The average molecular weight is 451 g/mol. The van der Waals surface area contributed by atoms with Gasteiger partial charge in [0, 0.05) is 15.7 Å². The summed E-state index contributed by atoms with van der Waals surface area (Å²) in [4.78, 5) is 28.3. The first-order valence-corrected chi connectivity index (χ1v) is 10.5. The number of anilines is 2. The standard InChI is InChI=1S/C25H20Cl2N2O2/c1-14-5-4-6-20(16(14)3)28-23-22(17-7-9-18(26)10-8-17)24(30)29(25(23)31)21-12-11-19(27)13-15(21)2/h4-13,28H,1-3H3. The number of nitrogens with zero attached hydrogens (tertiary/aromatic N) is 1. The van der Waals surface area contributed by atoms with Gasteiger partial charge in [-0.1, -0.05) is 47.5 Å². The van der Waals surface area contributed by atoms with E-state index >= 15 is 0 Å². The third kappa shape index (κ3) is 3.85. The van der Waals surface area contributed by atoms with Gasteiger partial charge in [-0.15, -0.1) is 0 Å². The molecule has 4 rings (SSSR count). The van der Waals surface area contributed by atoms with Crippen LogP contribution >= 0.6 is 23.2 Å². The number of nitrogens with one attached hydrogen (secondary N) is 1. The third-order valence-corrected chi connectivity index (χ3v) is 5.97. The van der Waals surface area contributed by atoms with Gasteiger partial charge >= 0.3 is 0 Å². The van der Waals surface area contributed by atoms with Gasteiger partial charge in [0.1, 0.15) is 5.70 Å². The fourth-order valence-electron chi connectivity index (χ4n) is 3.64. The van der Waals surface area contributed by atoms with Crippen molar-refractivity contribution in [3.05, 3.63) is 98.7 Å². The lowest BCUT2D eigenvalue weighted by molar-refractivity contribution is -0.120. The molecule has 2 amide bonds. The zero-order chi connectivity index (χ0) is 22.3. The number of carbonyl (C=O) groups is 2. The zero-order valence-corrected chi connectivity index (χ0v) is 18.8. The number of benzene rings is 3. The summed E-state index contributed by atoms with van der Waals surface area (Å²) in [6, 6.07) is 17.8. The third-order valence-electron chi connectivity index (χ3n) is 5.48. The van der Waals surface area contributed by atoms with Crippen molar-refractivity contribution in [3.8, 4) is 0 Å². The van der Waals surface area contributed by atoms with Crippen molar-refractivity contribution in [1.29, 1.82) is 0 Å². The number of halogens is 2. The predicted octanol–water partition coefficient (Wildman–Crippen LogP) is 6.32. The van der Waals surface area contributed by atoms with Crippen LogP contribution < -0.4 is 10.2 Å². The Kier molecular flexibility index (Phi) is 5.61. The van der Waals surface area contributed by atoms with Crippen LogP contribution in [0.5, 0.6) is 0 Å². The Balaban J connectivity index is 1.87. The Morgan fingerprint density at radius 3 is 2.13 bits per heavy atom. The van der Waals surface area contributed by atoms with E-state index in [9.17, 15) is 9.59 Å². The fourth-order valence-corrected chi connectivity index (χ4v) is 3.99. The first-order chi connectivity index (χ1) is 14.8. The fraction of sp³-hybridized carbons (Fsp3) is 0.120. The summed E-state index contributed by atoms with van der Waals surface area (Å²) in [7, 11) is 0. The van der Waals surface area contributed by atoms with E-state index in [0.29, 0.717) is 26.9 Å². The minimum absolute atomic E-state index is 0.232. The lowest BCUT2D eigenvalue weighted by atomic mass is 10.0. The summed E-state index contributed by atoms with van der Waals surface area (Å²) >= 11 is 12.1. The second-order valence-electron chi connectivity index (χ2n) is 7.51. The maximum Gasteiger partial charge on any atom is 0.282 e. The van der Waals surface area contributed by atoms with Crippen LogP contribution in [-0.2, 0) is 9.59 Å². The Bertz CT molecular complexity index is 1250. The Morgan fingerprint density at radius 1 is 0.774 bits per heavy atom. The molecule has 0 saturated carbocycles. The van der Waals surface area contributed by atoms with Gasteiger partial charge in [-0.25, -0.2) is 4.90 Å². The van der Waals surface area contributed by atoms with Crippen LogP contribution in [0, 0.1) is 20.8 Å². The van der Waals surface area contributed by atoms with E-state index in [0.717, 1.165) is 22.4 Å². The molecule has 156 valence electrons. The molecule has 1 N–H and O–H groups in total. The molecule has 0 spiro atoms. The Labute approximate surface area is 191 Å². The quantitative estimate of drug-likeness (QED) is 0.473. The lowest BCUT2D eigenvalue weighted by Gasteiger charge is -2.18. The normalized spacial score (nSPS) is 13.9. The van der Waals surface area contributed by atoms with Crippen molar-refractivity contribution in [2.24, 2.45) is 0 Å². The molecule has 31 heavy (non-hydrogen) atoms. The SMILES string of the molecule is Cc1cc(Cl)ccc1N1C(=O)C(Nc2cccc(C)c2C)=C(c2ccc(Cl)cc2)C1=O. The molecule has 6 heteroatoms. The zero-order valence-electron chi connectivity index (χ0n) is 17.3. The van der Waals surface area contributed by atoms with Crippen molar-refractivity contribution < 1.29 is 9.59 Å². The van der Waals surface area contributed by atoms with Crippen LogP contribution in [0.3, 0.4) is 0 Å². The van der Waals surface area contributed by atoms with Crippen LogP contribution in [0.1, 0.15) is 22.3 Å². The van der Waals surface area contributed by atoms with Gasteiger partial charge in [0.15, 0.2) is 0 Å². The van der Waals surface area contributed by atoms with Gasteiger partial charge in [-0.05, 0) is 79.4 Å². The monoisotopic (exact) mass is 450 g/mol. The summed E-state index contributed by atoms with van der Waals surface area (Å²) in [6.45, 7) is 5.79. The van der Waals surface area contributed by atoms with Crippen LogP contribution in [0.15, 0.2) is 66.4 Å². The summed E-state index contributed by atoms with van der Waals surface area (Å²) in [5.74, 6) is -0.813. The summed E-state index contributed by atoms with van der Waals surface area (Å²) < 4.78 is 0. The van der Waals surface area contributed by atoms with Gasteiger partial charge in [0.25, 0.3) is 11.8 Å². The van der Waals surface area contributed by atoms with Crippen molar-refractivity contribution in [2.75, 3.05) is 10.2 Å². The first-order valence-electron chi connectivity index (χ1n) is 9.76. The molecule has 0 fully saturated rings. The van der Waals surface area contributed by atoms with Crippen molar-refractivity contribution >= 4 is 52.0 Å². The number of hydrogen-bond acceptors (Lipinski definition) is 3. The number of rotatable bonds is 4. The minimum Gasteiger partial charge on any atom is -0.350 e. The van der Waals surface area contributed by atoms with E-state index in [1.54, 1.807) is 42.5 Å². The molecule has 0 aromatic heterocycles. The number of hydrogen-bond donors (Lipinski definition) is 1. The van der Waals surface area contributed by atoms with Crippen LogP contribution in [0.4, 0.5) is 11.4 Å². The molecule has 1 heterocycles. The molecule has 1 aliphatic heterocycles. The van der Waals surface area contributed by atoms with Crippen LogP contribution in [0.2, 0.25) is 10.0 Å². The van der Waals surface area contributed by atoms with Gasteiger partial charge < -0.3 is 5.32 Å². The molecule has 0 aliphatic carbocycles. The Morgan fingerprint density at radius 2 is 1.45 bits per heavy atom. The number of aryl methyl sites for hydroxylation is 2. The van der Waals surface area contributed by atoms with E-state index < -0.39 is 11.8 Å². The van der Waals surface area contributed by atoms with E-state index in [1.807, 2.05) is 39.0 Å². The highest BCUT2D eigenvalue weighted by Gasteiger charge is 2.41. The molecule has 3 aromatic carbocycles. The Hall–Kier alpha value is -3.08. The van der Waals surface area contributed by atoms with Gasteiger partial charge in [-0.3, -0.25) is 9.59 Å². The molecular formula is C25H20Cl2N2O2. The van der Waals surface area contributed by atoms with Gasteiger partial charge in [0.2, 0.25) is 0 Å².